The topological polar surface area (TPSA) is 105 Å². The molecule has 0 radical (unpaired) electrons. The molecule has 6 nitrogen and oxygen atoms in total. The third-order valence-electron chi connectivity index (χ3n) is 3.94. The van der Waals surface area contributed by atoms with Gasteiger partial charge in [0.1, 0.15) is 0 Å². The summed E-state index contributed by atoms with van der Waals surface area (Å²) < 4.78 is 5.40. The summed E-state index contributed by atoms with van der Waals surface area (Å²) >= 11 is 0. The lowest BCUT2D eigenvalue weighted by molar-refractivity contribution is -0.233. The van der Waals surface area contributed by atoms with Crippen LogP contribution in [-0.4, -0.2) is 16.3 Å². The Kier molecular flexibility index (Phi) is 5.35. The molecule has 2 aromatic carbocycles. The van der Waals surface area contributed by atoms with Gasteiger partial charge in [-0.1, -0.05) is 45.0 Å². The third-order valence-corrected chi connectivity index (χ3v) is 3.94. The van der Waals surface area contributed by atoms with Crippen molar-refractivity contribution in [3.05, 3.63) is 59.7 Å². The van der Waals surface area contributed by atoms with E-state index in [0.29, 0.717) is 16.9 Å². The summed E-state index contributed by atoms with van der Waals surface area (Å²) in [6.45, 7) is 5.23. The van der Waals surface area contributed by atoms with Gasteiger partial charge in [-0.15, -0.1) is 0 Å². The standard InChI is InChI=1S/C19H24N2O4/c1-18(2,3)19(24,14-6-8-15(20)9-7-14)25-17(23)21-16-10-4-13(12-22)5-11-16/h4-11,22,24H,12,20H2,1-3H3,(H,21,23). The lowest BCUT2D eigenvalue weighted by atomic mass is 9.81. The Balaban J connectivity index is 2.21. The molecule has 134 valence electrons. The quantitative estimate of drug-likeness (QED) is 0.503. The molecule has 1 amide bonds. The fourth-order valence-corrected chi connectivity index (χ4v) is 2.33. The molecule has 5 N–H and O–H groups in total. The number of anilines is 2. The Bertz CT molecular complexity index is 721. The first-order valence-electron chi connectivity index (χ1n) is 7.94. The summed E-state index contributed by atoms with van der Waals surface area (Å²) in [6.07, 6.45) is -0.786. The summed E-state index contributed by atoms with van der Waals surface area (Å²) in [4.78, 5) is 12.3. The van der Waals surface area contributed by atoms with E-state index in [1.807, 2.05) is 0 Å². The molecule has 0 saturated heterocycles. The molecule has 0 aliphatic carbocycles. The number of carbonyl (C=O) groups is 1. The zero-order valence-corrected chi connectivity index (χ0v) is 14.6. The third kappa shape index (κ3) is 4.29. The number of rotatable bonds is 4. The van der Waals surface area contributed by atoms with Gasteiger partial charge in [0.05, 0.1) is 6.61 Å². The molecule has 0 fully saturated rings. The molecule has 1 atom stereocenters. The monoisotopic (exact) mass is 344 g/mol. The fourth-order valence-electron chi connectivity index (χ4n) is 2.33. The normalized spacial score (nSPS) is 13.8. The molecule has 0 saturated carbocycles. The Labute approximate surface area is 147 Å². The van der Waals surface area contributed by atoms with Gasteiger partial charge in [-0.05, 0) is 29.8 Å². The van der Waals surface area contributed by atoms with Gasteiger partial charge in [-0.3, -0.25) is 5.32 Å². The maximum Gasteiger partial charge on any atom is 0.414 e. The van der Waals surface area contributed by atoms with E-state index >= 15 is 0 Å². The van der Waals surface area contributed by atoms with E-state index in [-0.39, 0.29) is 6.61 Å². The van der Waals surface area contributed by atoms with Gasteiger partial charge in [0.25, 0.3) is 0 Å². The summed E-state index contributed by atoms with van der Waals surface area (Å²) in [7, 11) is 0. The predicted molar refractivity (Wildman–Crippen MR) is 96.7 cm³/mol. The fraction of sp³-hybridized carbons (Fsp3) is 0.316. The number of nitrogens with one attached hydrogen (secondary N) is 1. The van der Waals surface area contributed by atoms with Crippen LogP contribution in [0.2, 0.25) is 0 Å². The second-order valence-corrected chi connectivity index (χ2v) is 6.89. The molecule has 25 heavy (non-hydrogen) atoms. The van der Waals surface area contributed by atoms with Crippen LogP contribution in [0.4, 0.5) is 16.2 Å². The van der Waals surface area contributed by atoms with Crippen molar-refractivity contribution in [1.82, 2.24) is 0 Å². The van der Waals surface area contributed by atoms with Crippen LogP contribution < -0.4 is 11.1 Å². The van der Waals surface area contributed by atoms with Gasteiger partial charge >= 0.3 is 6.09 Å². The van der Waals surface area contributed by atoms with Crippen LogP contribution in [0.1, 0.15) is 31.9 Å². The van der Waals surface area contributed by atoms with Crippen LogP contribution in [0, 0.1) is 5.41 Å². The molecule has 0 bridgehead atoms. The Hall–Kier alpha value is -2.57. The van der Waals surface area contributed by atoms with Crippen molar-refractivity contribution in [3.63, 3.8) is 0 Å². The number of ether oxygens (including phenoxy) is 1. The van der Waals surface area contributed by atoms with Gasteiger partial charge in [-0.2, -0.15) is 0 Å². The van der Waals surface area contributed by atoms with E-state index in [1.165, 1.54) is 0 Å². The van der Waals surface area contributed by atoms with Gasteiger partial charge in [0.15, 0.2) is 0 Å². The summed E-state index contributed by atoms with van der Waals surface area (Å²) in [5.74, 6) is -1.84. The molecule has 0 aliphatic heterocycles. The second kappa shape index (κ2) is 7.13. The Morgan fingerprint density at radius 2 is 1.64 bits per heavy atom. The number of aliphatic hydroxyl groups is 2. The first kappa shape index (κ1) is 18.8. The average molecular weight is 344 g/mol. The SMILES string of the molecule is CC(C)(C)C(O)(OC(=O)Nc1ccc(CO)cc1)c1ccc(N)cc1. The predicted octanol–water partition coefficient (Wildman–Crippen LogP) is 3.20. The highest BCUT2D eigenvalue weighted by Gasteiger charge is 2.46. The molecular weight excluding hydrogens is 320 g/mol. The molecule has 0 aliphatic rings. The minimum absolute atomic E-state index is 0.0777. The molecule has 0 heterocycles. The molecule has 6 heteroatoms. The molecule has 0 aromatic heterocycles. The smallest absolute Gasteiger partial charge is 0.412 e. The zero-order valence-electron chi connectivity index (χ0n) is 14.6. The minimum atomic E-state index is -1.84. The van der Waals surface area contributed by atoms with E-state index in [4.69, 9.17) is 15.6 Å². The van der Waals surface area contributed by atoms with E-state index in [0.717, 1.165) is 5.56 Å². The van der Waals surface area contributed by atoms with Crippen molar-refractivity contribution in [2.24, 2.45) is 5.41 Å². The van der Waals surface area contributed by atoms with Crippen LogP contribution in [0.15, 0.2) is 48.5 Å². The first-order valence-corrected chi connectivity index (χ1v) is 7.94. The van der Waals surface area contributed by atoms with E-state index in [2.05, 4.69) is 5.32 Å². The van der Waals surface area contributed by atoms with E-state index in [9.17, 15) is 9.90 Å². The van der Waals surface area contributed by atoms with Gasteiger partial charge in [-0.25, -0.2) is 4.79 Å². The van der Waals surface area contributed by atoms with E-state index < -0.39 is 17.3 Å². The largest absolute Gasteiger partial charge is 0.414 e. The number of nitrogen functional groups attached to an aromatic ring is 1. The Morgan fingerprint density at radius 3 is 2.12 bits per heavy atom. The maximum absolute atomic E-state index is 12.3. The molecular formula is C19H24N2O4. The Morgan fingerprint density at radius 1 is 1.08 bits per heavy atom. The summed E-state index contributed by atoms with van der Waals surface area (Å²) in [5.41, 5.74) is 7.11. The molecule has 2 aromatic rings. The molecule has 2 rings (SSSR count). The molecule has 0 spiro atoms. The summed E-state index contributed by atoms with van der Waals surface area (Å²) in [6, 6.07) is 13.2. The van der Waals surface area contributed by atoms with Crippen molar-refractivity contribution >= 4 is 17.5 Å². The first-order chi connectivity index (χ1) is 11.7. The maximum atomic E-state index is 12.3. The number of hydrogen-bond donors (Lipinski definition) is 4. The van der Waals surface area contributed by atoms with Crippen LogP contribution >= 0.6 is 0 Å². The lowest BCUT2D eigenvalue weighted by Gasteiger charge is -2.39. The van der Waals surface area contributed by atoms with Crippen molar-refractivity contribution in [2.45, 2.75) is 33.2 Å². The van der Waals surface area contributed by atoms with Gasteiger partial charge in [0, 0.05) is 22.4 Å². The second-order valence-electron chi connectivity index (χ2n) is 6.89. The van der Waals surface area contributed by atoms with Crippen LogP contribution in [-0.2, 0) is 17.1 Å². The van der Waals surface area contributed by atoms with Crippen LogP contribution in [0.5, 0.6) is 0 Å². The highest BCUT2D eigenvalue weighted by Crippen LogP contribution is 2.40. The van der Waals surface area contributed by atoms with Crippen molar-refractivity contribution in [1.29, 1.82) is 0 Å². The van der Waals surface area contributed by atoms with Crippen molar-refractivity contribution in [2.75, 3.05) is 11.1 Å². The number of aliphatic hydroxyl groups excluding tert-OH is 1. The highest BCUT2D eigenvalue weighted by atomic mass is 16.7. The lowest BCUT2D eigenvalue weighted by Crippen LogP contribution is -2.45. The summed E-state index contributed by atoms with van der Waals surface area (Å²) in [5, 5.41) is 22.7. The van der Waals surface area contributed by atoms with Crippen LogP contribution in [0.3, 0.4) is 0 Å². The molecule has 1 unspecified atom stereocenters. The van der Waals surface area contributed by atoms with Crippen molar-refractivity contribution < 1.29 is 19.7 Å². The number of benzene rings is 2. The highest BCUT2D eigenvalue weighted by molar-refractivity contribution is 5.84. The number of nitrogens with two attached hydrogens (primary N) is 1. The van der Waals surface area contributed by atoms with Gasteiger partial charge in [0.2, 0.25) is 5.79 Å². The van der Waals surface area contributed by atoms with Crippen LogP contribution in [0.25, 0.3) is 0 Å². The number of carbonyl (C=O) groups excluding carboxylic acids is 1. The number of amides is 1. The van der Waals surface area contributed by atoms with E-state index in [1.54, 1.807) is 69.3 Å². The minimum Gasteiger partial charge on any atom is -0.412 e. The zero-order chi connectivity index (χ0) is 18.7. The van der Waals surface area contributed by atoms with Crippen molar-refractivity contribution in [3.8, 4) is 0 Å². The number of hydrogen-bond acceptors (Lipinski definition) is 5. The average Bonchev–Trinajstić information content (AvgIpc) is 2.55. The van der Waals surface area contributed by atoms with Gasteiger partial charge < -0.3 is 20.7 Å².